The molecule has 2 aromatic rings. The Morgan fingerprint density at radius 3 is 2.50 bits per heavy atom. The topological polar surface area (TPSA) is 79.0 Å². The lowest BCUT2D eigenvalue weighted by molar-refractivity contribution is -0.117. The Hall–Kier alpha value is -2.26. The highest BCUT2D eigenvalue weighted by Crippen LogP contribution is 2.20. The Labute approximate surface area is 191 Å². The molecule has 1 unspecified atom stereocenters. The summed E-state index contributed by atoms with van der Waals surface area (Å²) in [5.74, 6) is -0.184. The first-order valence-electron chi connectivity index (χ1n) is 11.2. The van der Waals surface area contributed by atoms with E-state index in [0.717, 1.165) is 25.0 Å². The predicted octanol–water partition coefficient (Wildman–Crippen LogP) is 3.34. The zero-order valence-electron chi connectivity index (χ0n) is 18.9. The van der Waals surface area contributed by atoms with Gasteiger partial charge in [-0.3, -0.25) is 9.69 Å². The van der Waals surface area contributed by atoms with Crippen LogP contribution in [0.1, 0.15) is 32.3 Å². The van der Waals surface area contributed by atoms with Gasteiger partial charge in [0.2, 0.25) is 15.9 Å². The summed E-state index contributed by atoms with van der Waals surface area (Å²) in [4.78, 5) is 15.1. The van der Waals surface area contributed by atoms with Gasteiger partial charge in [0.15, 0.2) is 0 Å². The quantitative estimate of drug-likeness (QED) is 0.558. The third-order valence-corrected chi connectivity index (χ3v) is 7.61. The maximum absolute atomic E-state index is 12.8. The highest BCUT2D eigenvalue weighted by molar-refractivity contribution is 7.89. The average Bonchev–Trinajstić information content (AvgIpc) is 3.28. The molecule has 7 nitrogen and oxygen atoms in total. The van der Waals surface area contributed by atoms with Crippen LogP contribution < -0.4 is 5.32 Å². The van der Waals surface area contributed by atoms with Crippen molar-refractivity contribution in [2.45, 2.75) is 44.2 Å². The predicted molar refractivity (Wildman–Crippen MR) is 126 cm³/mol. The van der Waals surface area contributed by atoms with Crippen LogP contribution >= 0.6 is 0 Å². The number of carbonyl (C=O) groups is 1. The largest absolute Gasteiger partial charge is 0.377 e. The fourth-order valence-electron chi connectivity index (χ4n) is 3.95. The second-order valence-corrected chi connectivity index (χ2v) is 9.89. The van der Waals surface area contributed by atoms with Gasteiger partial charge >= 0.3 is 0 Å². The van der Waals surface area contributed by atoms with Crippen molar-refractivity contribution in [3.8, 4) is 0 Å². The van der Waals surface area contributed by atoms with Crippen molar-refractivity contribution < 1.29 is 17.9 Å². The lowest BCUT2D eigenvalue weighted by atomic mass is 10.2. The van der Waals surface area contributed by atoms with Crippen molar-refractivity contribution in [1.82, 2.24) is 9.21 Å². The Bertz CT molecular complexity index is 972. The highest BCUT2D eigenvalue weighted by Gasteiger charge is 2.23. The summed E-state index contributed by atoms with van der Waals surface area (Å²) < 4.78 is 32.8. The molecule has 0 bridgehead atoms. The van der Waals surface area contributed by atoms with Gasteiger partial charge in [0, 0.05) is 38.5 Å². The average molecular weight is 460 g/mol. The Morgan fingerprint density at radius 2 is 1.84 bits per heavy atom. The molecule has 1 heterocycles. The molecule has 174 valence electrons. The zero-order chi connectivity index (χ0) is 23.0. The molecule has 1 aliphatic rings. The molecule has 1 N–H and O–H groups in total. The third kappa shape index (κ3) is 6.62. The number of nitrogens with one attached hydrogen (secondary N) is 1. The molecule has 0 radical (unpaired) electrons. The van der Waals surface area contributed by atoms with Crippen molar-refractivity contribution in [2.75, 3.05) is 38.1 Å². The van der Waals surface area contributed by atoms with E-state index in [-0.39, 0.29) is 23.5 Å². The first-order valence-corrected chi connectivity index (χ1v) is 12.6. The maximum Gasteiger partial charge on any atom is 0.243 e. The minimum atomic E-state index is -3.58. The van der Waals surface area contributed by atoms with Crippen molar-refractivity contribution in [3.05, 3.63) is 60.2 Å². The highest BCUT2D eigenvalue weighted by atomic mass is 32.2. The van der Waals surface area contributed by atoms with Crippen molar-refractivity contribution >= 4 is 21.6 Å². The second kappa shape index (κ2) is 11.6. The number of hydrogen-bond acceptors (Lipinski definition) is 5. The van der Waals surface area contributed by atoms with E-state index in [4.69, 9.17) is 4.74 Å². The van der Waals surface area contributed by atoms with E-state index < -0.39 is 10.0 Å². The third-order valence-electron chi connectivity index (χ3n) is 5.56. The Morgan fingerprint density at radius 1 is 1.09 bits per heavy atom. The molecule has 0 aromatic heterocycles. The van der Waals surface area contributed by atoms with Crippen LogP contribution in [0.25, 0.3) is 0 Å². The standard InChI is InChI=1S/C24H33N3O4S/c1-3-27(4-2)32(29,30)23-14-8-12-21(16-23)25-24(28)19-26(18-22-13-9-15-31-22)17-20-10-6-5-7-11-20/h5-8,10-12,14,16,22H,3-4,9,13,15,17-19H2,1-2H3,(H,25,28). The van der Waals surface area contributed by atoms with Crippen LogP contribution in [-0.4, -0.2) is 62.4 Å². The lowest BCUT2D eigenvalue weighted by Crippen LogP contribution is -2.38. The van der Waals surface area contributed by atoms with Gasteiger partial charge in [0.25, 0.3) is 0 Å². The van der Waals surface area contributed by atoms with Gasteiger partial charge in [-0.05, 0) is 36.6 Å². The molecule has 0 aliphatic carbocycles. The van der Waals surface area contributed by atoms with E-state index in [0.29, 0.717) is 31.9 Å². The van der Waals surface area contributed by atoms with Gasteiger partial charge in [-0.25, -0.2) is 8.42 Å². The molecule has 32 heavy (non-hydrogen) atoms. The van der Waals surface area contributed by atoms with Gasteiger partial charge in [-0.1, -0.05) is 50.2 Å². The van der Waals surface area contributed by atoms with E-state index >= 15 is 0 Å². The molecule has 3 rings (SSSR count). The molecule has 2 aromatic carbocycles. The number of benzene rings is 2. The van der Waals surface area contributed by atoms with Crippen molar-refractivity contribution in [3.63, 3.8) is 0 Å². The summed E-state index contributed by atoms with van der Waals surface area (Å²) in [6, 6.07) is 16.5. The molecule has 0 saturated carbocycles. The Balaban J connectivity index is 1.68. The number of ether oxygens (including phenoxy) is 1. The molecule has 1 fully saturated rings. The van der Waals surface area contributed by atoms with Crippen LogP contribution in [0.2, 0.25) is 0 Å². The van der Waals surface area contributed by atoms with Crippen molar-refractivity contribution in [1.29, 1.82) is 0 Å². The van der Waals surface area contributed by atoms with E-state index in [9.17, 15) is 13.2 Å². The number of rotatable bonds is 11. The van der Waals surface area contributed by atoms with Crippen molar-refractivity contribution in [2.24, 2.45) is 0 Å². The minimum absolute atomic E-state index is 0.133. The molecule has 1 amide bonds. The van der Waals surface area contributed by atoms with Crippen LogP contribution in [0.15, 0.2) is 59.5 Å². The van der Waals surface area contributed by atoms with Gasteiger partial charge in [-0.15, -0.1) is 0 Å². The van der Waals surface area contributed by atoms with E-state index in [1.165, 1.54) is 10.4 Å². The number of carbonyl (C=O) groups excluding carboxylic acids is 1. The second-order valence-electron chi connectivity index (χ2n) is 7.96. The summed E-state index contributed by atoms with van der Waals surface area (Å²) in [7, 11) is -3.58. The molecular formula is C24H33N3O4S. The fourth-order valence-corrected chi connectivity index (χ4v) is 5.46. The molecule has 1 aliphatic heterocycles. The zero-order valence-corrected chi connectivity index (χ0v) is 19.7. The summed E-state index contributed by atoms with van der Waals surface area (Å²) >= 11 is 0. The number of nitrogens with zero attached hydrogens (tertiary/aromatic N) is 2. The first kappa shape index (κ1) is 24.4. The number of anilines is 1. The number of hydrogen-bond donors (Lipinski definition) is 1. The van der Waals surface area contributed by atoms with E-state index in [1.807, 2.05) is 44.2 Å². The first-order chi connectivity index (χ1) is 15.4. The molecule has 1 atom stereocenters. The summed E-state index contributed by atoms with van der Waals surface area (Å²) in [6.07, 6.45) is 2.18. The SMILES string of the molecule is CCN(CC)S(=O)(=O)c1cccc(NC(=O)CN(Cc2ccccc2)CC2CCCO2)c1. The minimum Gasteiger partial charge on any atom is -0.377 e. The molecule has 0 spiro atoms. The lowest BCUT2D eigenvalue weighted by Gasteiger charge is -2.25. The van der Waals surface area contributed by atoms with Crippen LogP contribution in [0.5, 0.6) is 0 Å². The smallest absolute Gasteiger partial charge is 0.243 e. The fraction of sp³-hybridized carbons (Fsp3) is 0.458. The van der Waals surface area contributed by atoms with Gasteiger partial charge in [0.1, 0.15) is 0 Å². The summed E-state index contributed by atoms with van der Waals surface area (Å²) in [5, 5.41) is 2.87. The molecular weight excluding hydrogens is 426 g/mol. The monoisotopic (exact) mass is 459 g/mol. The Kier molecular flexibility index (Phi) is 8.81. The van der Waals surface area contributed by atoms with Crippen LogP contribution in [0.3, 0.4) is 0 Å². The number of amides is 1. The van der Waals surface area contributed by atoms with Gasteiger partial charge in [0.05, 0.1) is 17.5 Å². The molecule has 1 saturated heterocycles. The number of sulfonamides is 1. The van der Waals surface area contributed by atoms with Gasteiger partial charge in [-0.2, -0.15) is 4.31 Å². The van der Waals surface area contributed by atoms with Crippen LogP contribution in [0.4, 0.5) is 5.69 Å². The van der Waals surface area contributed by atoms with Crippen LogP contribution in [0, 0.1) is 0 Å². The maximum atomic E-state index is 12.8. The van der Waals surface area contributed by atoms with E-state index in [1.54, 1.807) is 18.2 Å². The van der Waals surface area contributed by atoms with Crippen LogP contribution in [-0.2, 0) is 26.1 Å². The van der Waals surface area contributed by atoms with Gasteiger partial charge < -0.3 is 10.1 Å². The summed E-state index contributed by atoms with van der Waals surface area (Å²) in [5.41, 5.74) is 1.60. The molecule has 8 heteroatoms. The normalized spacial score (nSPS) is 16.6. The summed E-state index contributed by atoms with van der Waals surface area (Å²) in [6.45, 7) is 6.69. The van der Waals surface area contributed by atoms with E-state index in [2.05, 4.69) is 10.2 Å².